The molecule has 1 atom stereocenters. The molecular formula is C11H12BrNO3S3. The Labute approximate surface area is 128 Å². The third-order valence-electron chi connectivity index (χ3n) is 2.42. The molecule has 0 amide bonds. The monoisotopic (exact) mass is 381 g/mol. The van der Waals surface area contributed by atoms with Gasteiger partial charge in [-0.2, -0.15) is 11.3 Å². The van der Waals surface area contributed by atoms with Crippen molar-refractivity contribution in [3.63, 3.8) is 0 Å². The summed E-state index contributed by atoms with van der Waals surface area (Å²) in [5, 5.41) is 14.0. The normalized spacial score (nSPS) is 13.6. The number of aliphatic hydroxyl groups excluding tert-OH is 1. The van der Waals surface area contributed by atoms with E-state index in [4.69, 9.17) is 0 Å². The Morgan fingerprint density at radius 2 is 2.16 bits per heavy atom. The molecule has 104 valence electrons. The standard InChI is InChI=1S/C11H12BrNO3S3/c12-7-19(15,16)13-5-9-1-2-10(18-9)11(14)8-3-4-17-6-8/h1-4,6,11,13-14H,5,7H2. The lowest BCUT2D eigenvalue weighted by Gasteiger charge is -2.05. The molecule has 2 rings (SSSR count). The van der Waals surface area contributed by atoms with Crippen LogP contribution in [0.25, 0.3) is 0 Å². The summed E-state index contributed by atoms with van der Waals surface area (Å²) in [6, 6.07) is 5.53. The lowest BCUT2D eigenvalue weighted by molar-refractivity contribution is 0.224. The number of rotatable bonds is 6. The molecular weight excluding hydrogens is 370 g/mol. The Kier molecular flexibility index (Phi) is 5.15. The maximum absolute atomic E-state index is 11.3. The van der Waals surface area contributed by atoms with Crippen LogP contribution in [0, 0.1) is 0 Å². The Balaban J connectivity index is 2.03. The molecule has 0 bridgehead atoms. The molecule has 0 aliphatic rings. The summed E-state index contributed by atoms with van der Waals surface area (Å²) in [5.74, 6) is 0. The van der Waals surface area contributed by atoms with Crippen LogP contribution in [0.5, 0.6) is 0 Å². The van der Waals surface area contributed by atoms with Crippen molar-refractivity contribution in [1.82, 2.24) is 4.72 Å². The van der Waals surface area contributed by atoms with Crippen molar-refractivity contribution in [2.45, 2.75) is 12.6 Å². The SMILES string of the molecule is O=S(=O)(CBr)NCc1ccc(C(O)c2ccsc2)s1. The summed E-state index contributed by atoms with van der Waals surface area (Å²) < 4.78 is 25.0. The van der Waals surface area contributed by atoms with E-state index in [9.17, 15) is 13.5 Å². The fourth-order valence-corrected chi connectivity index (χ4v) is 4.13. The van der Waals surface area contributed by atoms with Crippen LogP contribution in [0.3, 0.4) is 0 Å². The van der Waals surface area contributed by atoms with Crippen molar-refractivity contribution in [2.24, 2.45) is 0 Å². The molecule has 0 aliphatic carbocycles. The number of nitrogens with one attached hydrogen (secondary N) is 1. The first-order chi connectivity index (χ1) is 9.02. The second-order valence-corrected chi connectivity index (χ2v) is 8.90. The van der Waals surface area contributed by atoms with Gasteiger partial charge in [0.25, 0.3) is 0 Å². The lowest BCUT2D eigenvalue weighted by Crippen LogP contribution is -2.23. The van der Waals surface area contributed by atoms with E-state index in [-0.39, 0.29) is 11.2 Å². The molecule has 2 aromatic rings. The fraction of sp³-hybridized carbons (Fsp3) is 0.273. The van der Waals surface area contributed by atoms with E-state index in [1.165, 1.54) is 22.7 Å². The van der Waals surface area contributed by atoms with Gasteiger partial charge in [0, 0.05) is 16.3 Å². The predicted octanol–water partition coefficient (Wildman–Crippen LogP) is 2.66. The number of hydrogen-bond acceptors (Lipinski definition) is 5. The Morgan fingerprint density at radius 3 is 2.79 bits per heavy atom. The van der Waals surface area contributed by atoms with Crippen LogP contribution in [0.15, 0.2) is 29.0 Å². The Hall–Kier alpha value is -0.250. The molecule has 0 aliphatic heterocycles. The summed E-state index contributed by atoms with van der Waals surface area (Å²) in [6.07, 6.45) is -0.641. The van der Waals surface area contributed by atoms with Crippen molar-refractivity contribution < 1.29 is 13.5 Å². The van der Waals surface area contributed by atoms with E-state index in [2.05, 4.69) is 20.7 Å². The third-order valence-corrected chi connectivity index (χ3v) is 6.94. The van der Waals surface area contributed by atoms with Gasteiger partial charge in [-0.1, -0.05) is 15.9 Å². The highest BCUT2D eigenvalue weighted by Gasteiger charge is 2.14. The number of hydrogen-bond donors (Lipinski definition) is 2. The molecule has 0 saturated carbocycles. The molecule has 1 unspecified atom stereocenters. The zero-order chi connectivity index (χ0) is 13.9. The summed E-state index contributed by atoms with van der Waals surface area (Å²) in [6.45, 7) is 0.245. The number of halogens is 1. The molecule has 0 radical (unpaired) electrons. The van der Waals surface area contributed by atoms with Crippen LogP contribution in [0.2, 0.25) is 0 Å². The van der Waals surface area contributed by atoms with Crippen LogP contribution in [0.1, 0.15) is 21.4 Å². The zero-order valence-corrected chi connectivity index (χ0v) is 13.8. The second kappa shape index (κ2) is 6.47. The topological polar surface area (TPSA) is 66.4 Å². The summed E-state index contributed by atoms with van der Waals surface area (Å²) >= 11 is 5.85. The van der Waals surface area contributed by atoms with Gasteiger partial charge in [0.2, 0.25) is 10.0 Å². The molecule has 19 heavy (non-hydrogen) atoms. The molecule has 0 saturated heterocycles. The zero-order valence-electron chi connectivity index (χ0n) is 9.74. The summed E-state index contributed by atoms with van der Waals surface area (Å²) in [5.41, 5.74) is 0.861. The maximum Gasteiger partial charge on any atom is 0.221 e. The van der Waals surface area contributed by atoms with Crippen molar-refractivity contribution in [1.29, 1.82) is 0 Å². The van der Waals surface area contributed by atoms with Gasteiger partial charge in [-0.05, 0) is 34.5 Å². The molecule has 0 spiro atoms. The van der Waals surface area contributed by atoms with Crippen molar-refractivity contribution in [2.75, 3.05) is 4.66 Å². The smallest absolute Gasteiger partial charge is 0.221 e. The Bertz CT molecular complexity index is 621. The first-order valence-corrected chi connectivity index (χ1v) is 9.87. The minimum absolute atomic E-state index is 0.115. The van der Waals surface area contributed by atoms with Crippen LogP contribution in [-0.4, -0.2) is 18.2 Å². The Morgan fingerprint density at radius 1 is 1.37 bits per heavy atom. The number of alkyl halides is 1. The van der Waals surface area contributed by atoms with Crippen LogP contribution in [-0.2, 0) is 16.6 Å². The van der Waals surface area contributed by atoms with Gasteiger partial charge in [0.05, 0.1) is 0 Å². The van der Waals surface area contributed by atoms with Crippen LogP contribution >= 0.6 is 38.6 Å². The van der Waals surface area contributed by atoms with Gasteiger partial charge in [0.1, 0.15) is 10.8 Å². The van der Waals surface area contributed by atoms with Gasteiger partial charge in [-0.15, -0.1) is 11.3 Å². The first-order valence-electron chi connectivity index (χ1n) is 5.34. The fourth-order valence-electron chi connectivity index (χ4n) is 1.45. The average Bonchev–Trinajstić information content (AvgIpc) is 3.07. The molecule has 4 nitrogen and oxygen atoms in total. The minimum atomic E-state index is -3.26. The maximum atomic E-state index is 11.3. The summed E-state index contributed by atoms with van der Waals surface area (Å²) in [4.78, 5) is 1.68. The van der Waals surface area contributed by atoms with Gasteiger partial charge < -0.3 is 5.11 Å². The van der Waals surface area contributed by atoms with Crippen molar-refractivity contribution in [3.05, 3.63) is 44.3 Å². The quantitative estimate of drug-likeness (QED) is 0.755. The number of thiophene rings is 2. The molecule has 2 aromatic heterocycles. The average molecular weight is 382 g/mol. The van der Waals surface area contributed by atoms with E-state index >= 15 is 0 Å². The minimum Gasteiger partial charge on any atom is -0.383 e. The van der Waals surface area contributed by atoms with Gasteiger partial charge in [-0.3, -0.25) is 0 Å². The molecule has 8 heteroatoms. The largest absolute Gasteiger partial charge is 0.383 e. The van der Waals surface area contributed by atoms with Gasteiger partial charge >= 0.3 is 0 Å². The molecule has 2 heterocycles. The highest BCUT2D eigenvalue weighted by atomic mass is 79.9. The van der Waals surface area contributed by atoms with Gasteiger partial charge in [-0.25, -0.2) is 13.1 Å². The third kappa shape index (κ3) is 4.11. The summed E-state index contributed by atoms with van der Waals surface area (Å²) in [7, 11) is -3.26. The lowest BCUT2D eigenvalue weighted by atomic mass is 10.2. The molecule has 2 N–H and O–H groups in total. The number of aliphatic hydroxyl groups is 1. The number of sulfonamides is 1. The van der Waals surface area contributed by atoms with E-state index < -0.39 is 16.1 Å². The van der Waals surface area contributed by atoms with E-state index in [1.807, 2.05) is 29.0 Å². The highest BCUT2D eigenvalue weighted by Crippen LogP contribution is 2.29. The first kappa shape index (κ1) is 15.1. The van der Waals surface area contributed by atoms with E-state index in [0.29, 0.717) is 0 Å². The van der Waals surface area contributed by atoms with Gasteiger partial charge in [0.15, 0.2) is 0 Å². The second-order valence-electron chi connectivity index (χ2n) is 3.81. The van der Waals surface area contributed by atoms with Crippen LogP contribution in [0.4, 0.5) is 0 Å². The van der Waals surface area contributed by atoms with E-state index in [0.717, 1.165) is 15.3 Å². The highest BCUT2D eigenvalue weighted by molar-refractivity contribution is 9.10. The van der Waals surface area contributed by atoms with Crippen molar-refractivity contribution in [3.8, 4) is 0 Å². The van der Waals surface area contributed by atoms with Crippen molar-refractivity contribution >= 4 is 48.6 Å². The molecule has 0 aromatic carbocycles. The van der Waals surface area contributed by atoms with Crippen LogP contribution < -0.4 is 4.72 Å². The van der Waals surface area contributed by atoms with E-state index in [1.54, 1.807) is 0 Å². The predicted molar refractivity (Wildman–Crippen MR) is 82.3 cm³/mol. The molecule has 0 fully saturated rings.